The summed E-state index contributed by atoms with van der Waals surface area (Å²) in [4.78, 5) is 13.0. The van der Waals surface area contributed by atoms with Crippen molar-refractivity contribution in [2.75, 3.05) is 37.1 Å². The van der Waals surface area contributed by atoms with Gasteiger partial charge in [-0.2, -0.15) is 0 Å². The van der Waals surface area contributed by atoms with Crippen molar-refractivity contribution in [3.8, 4) is 11.5 Å². The van der Waals surface area contributed by atoms with Crippen LogP contribution in [0.2, 0.25) is 0 Å². The van der Waals surface area contributed by atoms with Crippen molar-refractivity contribution < 1.29 is 19.4 Å². The number of rotatable bonds is 5. The van der Waals surface area contributed by atoms with E-state index in [1.807, 2.05) is 36.4 Å². The minimum atomic E-state index is -0.187. The molecule has 28 heavy (non-hydrogen) atoms. The summed E-state index contributed by atoms with van der Waals surface area (Å²) in [6.45, 7) is 5.23. The van der Waals surface area contributed by atoms with Gasteiger partial charge in [-0.3, -0.25) is 4.79 Å². The second-order valence-corrected chi connectivity index (χ2v) is 7.89. The normalized spacial score (nSPS) is 21.3. The molecule has 6 heteroatoms. The van der Waals surface area contributed by atoms with Crippen LogP contribution in [0.1, 0.15) is 31.0 Å². The number of hydrogen-bond donors (Lipinski definition) is 2. The molecule has 2 aromatic rings. The van der Waals surface area contributed by atoms with Crippen LogP contribution in [0.5, 0.6) is 11.5 Å². The number of hydrogen-bond acceptors (Lipinski definition) is 5. The van der Waals surface area contributed by atoms with E-state index < -0.39 is 0 Å². The van der Waals surface area contributed by atoms with Crippen LogP contribution in [0, 0.1) is 5.92 Å². The average molecular weight is 382 g/mol. The highest BCUT2D eigenvalue weighted by Crippen LogP contribution is 2.54. The Bertz CT molecular complexity index is 882. The molecule has 2 atom stereocenters. The lowest BCUT2D eigenvalue weighted by Crippen LogP contribution is -2.46. The first kappa shape index (κ1) is 18.6. The van der Waals surface area contributed by atoms with E-state index >= 15 is 0 Å². The largest absolute Gasteiger partial charge is 0.496 e. The maximum absolute atomic E-state index is 11.4. The van der Waals surface area contributed by atoms with E-state index in [2.05, 4.69) is 19.2 Å². The number of methoxy groups -OCH3 is 1. The lowest BCUT2D eigenvalue weighted by molar-refractivity contribution is -0.107. The summed E-state index contributed by atoms with van der Waals surface area (Å²) in [5.41, 5.74) is 3.83. The van der Waals surface area contributed by atoms with Gasteiger partial charge in [0, 0.05) is 29.3 Å². The summed E-state index contributed by atoms with van der Waals surface area (Å²) in [6.07, 6.45) is 0.759. The number of nitrogens with one attached hydrogen (secondary N) is 1. The minimum Gasteiger partial charge on any atom is -0.496 e. The molecule has 6 nitrogen and oxygen atoms in total. The Morgan fingerprint density at radius 3 is 2.89 bits per heavy atom. The molecule has 0 bridgehead atoms. The van der Waals surface area contributed by atoms with E-state index in [1.165, 1.54) is 4.90 Å². The molecular weight excluding hydrogens is 356 g/mol. The number of carbonyl (C=O) groups is 1. The smallest absolute Gasteiger partial charge is 0.214 e. The highest BCUT2D eigenvalue weighted by molar-refractivity contribution is 5.78. The summed E-state index contributed by atoms with van der Waals surface area (Å²) in [7, 11) is 1.68. The van der Waals surface area contributed by atoms with Gasteiger partial charge in [-0.15, -0.1) is 0 Å². The number of anilines is 2. The molecule has 0 fully saturated rings. The molecule has 2 aliphatic rings. The molecule has 2 heterocycles. The van der Waals surface area contributed by atoms with Crippen LogP contribution in [0.25, 0.3) is 0 Å². The van der Waals surface area contributed by atoms with Gasteiger partial charge in [0.05, 0.1) is 31.9 Å². The van der Waals surface area contributed by atoms with Crippen molar-refractivity contribution in [2.24, 2.45) is 5.92 Å². The summed E-state index contributed by atoms with van der Waals surface area (Å²) in [6, 6.07) is 11.9. The highest BCUT2D eigenvalue weighted by Gasteiger charge is 2.47. The first-order chi connectivity index (χ1) is 13.5. The Morgan fingerprint density at radius 2 is 2.18 bits per heavy atom. The van der Waals surface area contributed by atoms with Crippen molar-refractivity contribution in [2.45, 2.75) is 25.3 Å². The third-order valence-corrected chi connectivity index (χ3v) is 6.11. The maximum Gasteiger partial charge on any atom is 0.214 e. The van der Waals surface area contributed by atoms with E-state index in [1.54, 1.807) is 7.11 Å². The molecule has 2 N–H and O–H groups in total. The fourth-order valence-electron chi connectivity index (χ4n) is 4.50. The minimum absolute atomic E-state index is 0.0767. The van der Waals surface area contributed by atoms with Crippen LogP contribution in [0.4, 0.5) is 11.4 Å². The zero-order valence-corrected chi connectivity index (χ0v) is 16.4. The molecule has 2 aliphatic heterocycles. The maximum atomic E-state index is 11.4. The van der Waals surface area contributed by atoms with E-state index in [4.69, 9.17) is 9.47 Å². The van der Waals surface area contributed by atoms with Crippen LogP contribution in [-0.4, -0.2) is 38.4 Å². The number of aliphatic hydroxyl groups excluding tert-OH is 1. The number of aliphatic hydroxyl groups is 1. The van der Waals surface area contributed by atoms with Crippen LogP contribution in [0.15, 0.2) is 36.4 Å². The lowest BCUT2D eigenvalue weighted by atomic mass is 9.65. The van der Waals surface area contributed by atoms with E-state index in [9.17, 15) is 9.90 Å². The van der Waals surface area contributed by atoms with Crippen LogP contribution in [-0.2, 0) is 10.2 Å². The first-order valence-electron chi connectivity index (χ1n) is 9.54. The number of nitrogens with zero attached hydrogens (tertiary/aromatic N) is 1. The third kappa shape index (κ3) is 2.79. The highest BCUT2D eigenvalue weighted by atomic mass is 16.5. The zero-order chi connectivity index (χ0) is 19.9. The predicted octanol–water partition coefficient (Wildman–Crippen LogP) is 3.10. The monoisotopic (exact) mass is 382 g/mol. The molecule has 0 aliphatic carbocycles. The number of ether oxygens (including phenoxy) is 2. The Kier molecular flexibility index (Phi) is 4.67. The number of fused-ring (bicyclic) bond motifs is 4. The lowest BCUT2D eigenvalue weighted by Gasteiger charge is -2.49. The Morgan fingerprint density at radius 1 is 1.36 bits per heavy atom. The van der Waals surface area contributed by atoms with Gasteiger partial charge in [0.15, 0.2) is 0 Å². The van der Waals surface area contributed by atoms with Crippen molar-refractivity contribution >= 4 is 17.8 Å². The quantitative estimate of drug-likeness (QED) is 0.778. The number of carbonyl (C=O) groups excluding carboxylic acids is 1. The van der Waals surface area contributed by atoms with Gasteiger partial charge in [0.1, 0.15) is 11.5 Å². The second kappa shape index (κ2) is 7.02. The van der Waals surface area contributed by atoms with Gasteiger partial charge in [-0.05, 0) is 35.9 Å². The number of benzene rings is 2. The average Bonchev–Trinajstić information content (AvgIpc) is 2.71. The standard InChI is InChI=1S/C22H26N2O4/c1-22(2)15-11-14(24(13-26)9-10-25)7-8-17(15)23-21-16(22)12-28-19-6-4-5-18(27-3)20(19)21/h4-8,11,13,16,21,23,25H,9-10,12H2,1-3H3/t16-,21-/m0/s1. The van der Waals surface area contributed by atoms with Crippen molar-refractivity contribution in [3.63, 3.8) is 0 Å². The van der Waals surface area contributed by atoms with E-state index in [0.29, 0.717) is 6.61 Å². The Hall–Kier alpha value is -2.73. The van der Waals surface area contributed by atoms with Crippen LogP contribution in [0.3, 0.4) is 0 Å². The van der Waals surface area contributed by atoms with Gasteiger partial charge in [-0.25, -0.2) is 0 Å². The molecule has 0 saturated heterocycles. The summed E-state index contributed by atoms with van der Waals surface area (Å²) in [5, 5.41) is 12.9. The first-order valence-corrected chi connectivity index (χ1v) is 9.54. The van der Waals surface area contributed by atoms with Crippen molar-refractivity contribution in [1.82, 2.24) is 0 Å². The van der Waals surface area contributed by atoms with Crippen LogP contribution < -0.4 is 19.7 Å². The van der Waals surface area contributed by atoms with Gasteiger partial charge < -0.3 is 24.8 Å². The molecule has 2 aromatic carbocycles. The third-order valence-electron chi connectivity index (χ3n) is 6.11. The predicted molar refractivity (Wildman–Crippen MR) is 108 cm³/mol. The van der Waals surface area contributed by atoms with E-state index in [-0.39, 0.29) is 30.5 Å². The topological polar surface area (TPSA) is 71.0 Å². The Balaban J connectivity index is 1.79. The van der Waals surface area contributed by atoms with Gasteiger partial charge in [0.25, 0.3) is 0 Å². The summed E-state index contributed by atoms with van der Waals surface area (Å²) in [5.74, 6) is 1.88. The zero-order valence-electron chi connectivity index (χ0n) is 16.4. The molecule has 0 aromatic heterocycles. The molecule has 0 radical (unpaired) electrons. The molecule has 4 rings (SSSR count). The molecule has 0 unspecified atom stereocenters. The molecular formula is C22H26N2O4. The van der Waals surface area contributed by atoms with E-state index in [0.717, 1.165) is 40.4 Å². The number of amides is 1. The van der Waals surface area contributed by atoms with Gasteiger partial charge >= 0.3 is 0 Å². The summed E-state index contributed by atoms with van der Waals surface area (Å²) >= 11 is 0. The summed E-state index contributed by atoms with van der Waals surface area (Å²) < 4.78 is 11.7. The molecule has 148 valence electrons. The fourth-order valence-corrected chi connectivity index (χ4v) is 4.50. The SMILES string of the molecule is COc1cccc2c1[C@H]1Nc3ccc(N(C=O)CCO)cc3C(C)(C)[C@H]1CO2. The second-order valence-electron chi connectivity index (χ2n) is 7.89. The Labute approximate surface area is 165 Å². The molecule has 0 saturated carbocycles. The van der Waals surface area contributed by atoms with Crippen molar-refractivity contribution in [1.29, 1.82) is 0 Å². The van der Waals surface area contributed by atoms with Crippen molar-refractivity contribution in [3.05, 3.63) is 47.5 Å². The molecule has 1 amide bonds. The van der Waals surface area contributed by atoms with Gasteiger partial charge in [-0.1, -0.05) is 19.9 Å². The molecule has 0 spiro atoms. The van der Waals surface area contributed by atoms with Gasteiger partial charge in [0.2, 0.25) is 6.41 Å². The van der Waals surface area contributed by atoms with Crippen LogP contribution >= 0.6 is 0 Å². The fraction of sp³-hybridized carbons (Fsp3) is 0.409.